The van der Waals surface area contributed by atoms with Crippen molar-refractivity contribution in [3.63, 3.8) is 0 Å². The molecule has 2 atom stereocenters. The van der Waals surface area contributed by atoms with Crippen LogP contribution in [-0.4, -0.2) is 0 Å². The van der Waals surface area contributed by atoms with Crippen LogP contribution in [0.3, 0.4) is 0 Å². The maximum atomic E-state index is 7.37. The summed E-state index contributed by atoms with van der Waals surface area (Å²) in [5.74, 6) is 6.14. The highest BCUT2D eigenvalue weighted by Gasteiger charge is 2.54. The molecular weight excluding hydrogens is 867 g/mol. The van der Waals surface area contributed by atoms with Gasteiger partial charge in [0.2, 0.25) is 0 Å². The van der Waals surface area contributed by atoms with Gasteiger partial charge in [0, 0.05) is 32.9 Å². The Hall–Kier alpha value is -6.92. The van der Waals surface area contributed by atoms with Crippen molar-refractivity contribution in [2.24, 2.45) is 0 Å². The number of benzene rings is 10. The summed E-state index contributed by atoms with van der Waals surface area (Å²) in [4.78, 5) is 4.76. The molecule has 10 aromatic carbocycles. The quantitative estimate of drug-likeness (QED) is 0.159. The van der Waals surface area contributed by atoms with Crippen LogP contribution in [0, 0.1) is 0 Å². The molecule has 6 heterocycles. The summed E-state index contributed by atoms with van der Waals surface area (Å²) in [7, 11) is 0. The molecule has 10 aromatic rings. The van der Waals surface area contributed by atoms with Gasteiger partial charge in [-0.2, -0.15) is 0 Å². The third-order valence-electron chi connectivity index (χ3n) is 13.8. The van der Waals surface area contributed by atoms with Crippen LogP contribution < -0.4 is 60.6 Å². The minimum atomic E-state index is -2.86. The average Bonchev–Trinajstić information content (AvgIpc) is 3.32. The summed E-state index contributed by atoms with van der Waals surface area (Å²) >= 11 is 14.7. The Morgan fingerprint density at radius 2 is 0.734 bits per heavy atom. The highest BCUT2D eigenvalue weighted by Crippen LogP contribution is 2.70. The monoisotopic (exact) mass is 894 g/mol. The van der Waals surface area contributed by atoms with Gasteiger partial charge in [-0.25, -0.2) is 0 Å². The number of ether oxygens (including phenoxy) is 4. The van der Waals surface area contributed by atoms with Crippen LogP contribution in [0.4, 0.5) is 34.1 Å². The van der Waals surface area contributed by atoms with Gasteiger partial charge in [0.1, 0.15) is 46.0 Å². The lowest BCUT2D eigenvalue weighted by Gasteiger charge is -2.48. The standard InChI is InChI=1S/C54H28N2O4P2S2/c63-61-49-37-21-11-23-39(49)59-47-33-19-9-7-13-29(33)25-41(53(47)61)57-43-28-36-35(45(51(43)61)55(37)31-15-3-1-4-16-31)27-44-52-46(36)56(32-17-5-2-6-18-32)38-22-12-24-40-50(38)62(52,64)54-42(58-44)26-30-14-8-10-20-34(30)48(54)60-40/h1-28H. The van der Waals surface area contributed by atoms with Crippen molar-refractivity contribution in [3.8, 4) is 46.0 Å². The van der Waals surface area contributed by atoms with Gasteiger partial charge in [0.25, 0.3) is 0 Å². The van der Waals surface area contributed by atoms with E-state index in [9.17, 15) is 0 Å². The Labute approximate surface area is 376 Å². The van der Waals surface area contributed by atoms with Crippen molar-refractivity contribution < 1.29 is 18.9 Å². The Bertz CT molecular complexity index is 3750. The minimum absolute atomic E-state index is 0.746. The van der Waals surface area contributed by atoms with Crippen molar-refractivity contribution in [3.05, 3.63) is 170 Å². The number of para-hydroxylation sites is 2. The van der Waals surface area contributed by atoms with E-state index in [0.717, 1.165) is 144 Å². The molecule has 0 spiro atoms. The molecule has 0 saturated heterocycles. The van der Waals surface area contributed by atoms with Crippen molar-refractivity contribution in [2.75, 3.05) is 9.80 Å². The van der Waals surface area contributed by atoms with E-state index in [4.69, 9.17) is 42.6 Å². The molecule has 0 amide bonds. The molecule has 0 aliphatic carbocycles. The molecule has 10 heteroatoms. The summed E-state index contributed by atoms with van der Waals surface area (Å²) in [5, 5.41) is 12.2. The van der Waals surface area contributed by atoms with Gasteiger partial charge >= 0.3 is 0 Å². The number of rotatable bonds is 2. The molecule has 6 aliphatic rings. The summed E-state index contributed by atoms with van der Waals surface area (Å²) in [5.41, 5.74) is 5.99. The van der Waals surface area contributed by atoms with Crippen LogP contribution >= 0.6 is 12.1 Å². The molecule has 16 rings (SSSR count). The maximum absolute atomic E-state index is 7.37. The Morgan fingerprint density at radius 3 is 1.19 bits per heavy atom. The summed E-state index contributed by atoms with van der Waals surface area (Å²) in [6.45, 7) is 0. The van der Waals surface area contributed by atoms with Gasteiger partial charge in [-0.1, -0.05) is 121 Å². The van der Waals surface area contributed by atoms with E-state index in [1.54, 1.807) is 0 Å². The smallest absolute Gasteiger partial charge is 0.148 e. The van der Waals surface area contributed by atoms with E-state index < -0.39 is 12.1 Å². The van der Waals surface area contributed by atoms with Crippen LogP contribution in [-0.2, 0) is 23.6 Å². The topological polar surface area (TPSA) is 43.4 Å². The van der Waals surface area contributed by atoms with Gasteiger partial charge in [0.15, 0.2) is 0 Å². The molecule has 2 unspecified atom stereocenters. The number of hydrogen-bond donors (Lipinski definition) is 0. The van der Waals surface area contributed by atoms with Crippen molar-refractivity contribution in [2.45, 2.75) is 0 Å². The Kier molecular flexibility index (Phi) is 6.27. The Balaban J connectivity index is 1.12. The fourth-order valence-electron chi connectivity index (χ4n) is 11.4. The first kappa shape index (κ1) is 34.6. The van der Waals surface area contributed by atoms with Gasteiger partial charge in [0.05, 0.1) is 66.7 Å². The minimum Gasteiger partial charge on any atom is -0.456 e. The van der Waals surface area contributed by atoms with Gasteiger partial charge < -0.3 is 28.7 Å². The van der Waals surface area contributed by atoms with E-state index in [0.29, 0.717) is 0 Å². The lowest BCUT2D eigenvalue weighted by atomic mass is 10.00. The molecule has 6 nitrogen and oxygen atoms in total. The molecular formula is C54H28N2O4P2S2. The summed E-state index contributed by atoms with van der Waals surface area (Å²) < 4.78 is 28.7. The van der Waals surface area contributed by atoms with E-state index in [1.165, 1.54) is 0 Å². The van der Waals surface area contributed by atoms with Crippen LogP contribution in [0.15, 0.2) is 170 Å². The van der Waals surface area contributed by atoms with E-state index >= 15 is 0 Å². The van der Waals surface area contributed by atoms with E-state index in [1.807, 2.05) is 0 Å². The van der Waals surface area contributed by atoms with Crippen LogP contribution in [0.5, 0.6) is 46.0 Å². The zero-order valence-electron chi connectivity index (χ0n) is 33.4. The largest absolute Gasteiger partial charge is 0.456 e. The van der Waals surface area contributed by atoms with Crippen LogP contribution in [0.2, 0.25) is 0 Å². The number of anilines is 6. The first-order chi connectivity index (χ1) is 31.5. The molecule has 0 radical (unpaired) electrons. The fourth-order valence-corrected chi connectivity index (χ4v) is 21.4. The number of hydrogen-bond acceptors (Lipinski definition) is 8. The first-order valence-corrected chi connectivity index (χ1v) is 26.8. The summed E-state index contributed by atoms with van der Waals surface area (Å²) in [6.07, 6.45) is 0. The predicted octanol–water partition coefficient (Wildman–Crippen LogP) is 12.6. The lowest BCUT2D eigenvalue weighted by molar-refractivity contribution is 0.469. The predicted molar refractivity (Wildman–Crippen MR) is 268 cm³/mol. The van der Waals surface area contributed by atoms with Gasteiger partial charge in [-0.05, 0) is 83.6 Å². The molecule has 64 heavy (non-hydrogen) atoms. The van der Waals surface area contributed by atoms with Gasteiger partial charge in [-0.3, -0.25) is 0 Å². The Morgan fingerprint density at radius 1 is 0.328 bits per heavy atom. The highest BCUT2D eigenvalue weighted by molar-refractivity contribution is 8.26. The lowest BCUT2D eigenvalue weighted by Crippen LogP contribution is -2.43. The molecule has 0 bridgehead atoms. The van der Waals surface area contributed by atoms with Crippen LogP contribution in [0.1, 0.15) is 0 Å². The molecule has 6 aliphatic heterocycles. The van der Waals surface area contributed by atoms with Crippen LogP contribution in [0.25, 0.3) is 32.3 Å². The third-order valence-corrected chi connectivity index (χ3v) is 23.5. The fraction of sp³-hybridized carbons (Fsp3) is 0. The third kappa shape index (κ3) is 3.91. The number of nitrogens with zero attached hydrogens (tertiary/aromatic N) is 2. The second kappa shape index (κ2) is 11.6. The molecule has 0 N–H and O–H groups in total. The van der Waals surface area contributed by atoms with Crippen molar-refractivity contribution in [1.29, 1.82) is 0 Å². The second-order valence-corrected chi connectivity index (χ2v) is 25.4. The van der Waals surface area contributed by atoms with Crippen molar-refractivity contribution >= 4 is 134 Å². The highest BCUT2D eigenvalue weighted by atomic mass is 32.4. The molecule has 0 saturated carbocycles. The van der Waals surface area contributed by atoms with E-state index in [-0.39, 0.29) is 0 Å². The zero-order valence-corrected chi connectivity index (χ0v) is 36.8. The zero-order chi connectivity index (χ0) is 41.8. The van der Waals surface area contributed by atoms with Gasteiger partial charge in [-0.15, -0.1) is 0 Å². The normalized spacial score (nSPS) is 19.0. The maximum Gasteiger partial charge on any atom is 0.148 e. The molecule has 0 fully saturated rings. The van der Waals surface area contributed by atoms with E-state index in [2.05, 4.69) is 180 Å². The second-order valence-electron chi connectivity index (χ2n) is 17.0. The average molecular weight is 895 g/mol. The molecule has 0 aromatic heterocycles. The molecule has 300 valence electrons. The summed E-state index contributed by atoms with van der Waals surface area (Å²) in [6, 6.07) is 53.7. The van der Waals surface area contributed by atoms with Crippen molar-refractivity contribution in [1.82, 2.24) is 0 Å². The first-order valence-electron chi connectivity index (χ1n) is 21.2. The SMILES string of the molecule is S=P12c3c4cccc3N(c3ccccc3)c3c1c(cc1c5c6c(cc31)Oc1cc3ccccc3c3c1P6(=S)c1c(cccc1N5c1ccccc1)O3)Oc1cc3ccccc3c(c12)O4. The number of fused-ring (bicyclic) bond motifs is 7.